The normalized spacial score (nSPS) is 11.2. The van der Waals surface area contributed by atoms with Gasteiger partial charge in [0, 0.05) is 47.3 Å². The van der Waals surface area contributed by atoms with Crippen LogP contribution in [0.25, 0.3) is 22.2 Å². The number of fused-ring (bicyclic) bond motifs is 1. The molecule has 0 aliphatic rings. The number of carbonyl (C=O) groups is 1. The van der Waals surface area contributed by atoms with E-state index in [1.54, 1.807) is 23.2 Å². The van der Waals surface area contributed by atoms with Gasteiger partial charge in [0.25, 0.3) is 5.56 Å². The van der Waals surface area contributed by atoms with E-state index in [0.29, 0.717) is 30.1 Å². The third-order valence-corrected chi connectivity index (χ3v) is 7.57. The second kappa shape index (κ2) is 13.5. The minimum Gasteiger partial charge on any atom is -0.489 e. The molecule has 0 aliphatic carbocycles. The Labute approximate surface area is 258 Å². The lowest BCUT2D eigenvalue weighted by Crippen LogP contribution is -2.30. The maximum Gasteiger partial charge on any atom is 0.323 e. The van der Waals surface area contributed by atoms with Gasteiger partial charge >= 0.3 is 6.03 Å². The summed E-state index contributed by atoms with van der Waals surface area (Å²) in [5.41, 5.74) is 5.55. The molecular weight excluding hydrogens is 550 g/mol. The molecule has 5 aromatic rings. The molecule has 0 aliphatic heterocycles. The smallest absolute Gasteiger partial charge is 0.323 e. The number of hydrogen-bond acceptors (Lipinski definition) is 5. The molecule has 0 atom stereocenters. The van der Waals surface area contributed by atoms with Crippen LogP contribution in [0.5, 0.6) is 5.75 Å². The summed E-state index contributed by atoms with van der Waals surface area (Å²) >= 11 is 0. The Morgan fingerprint density at radius 2 is 1.59 bits per heavy atom. The molecule has 2 N–H and O–H groups in total. The Kier molecular flexibility index (Phi) is 9.38. The van der Waals surface area contributed by atoms with E-state index in [1.165, 1.54) is 0 Å². The van der Waals surface area contributed by atoms with E-state index in [2.05, 4.69) is 48.3 Å². The minimum atomic E-state index is -0.478. The highest BCUT2D eigenvalue weighted by Gasteiger charge is 2.22. The van der Waals surface area contributed by atoms with Gasteiger partial charge in [-0.05, 0) is 65.3 Å². The van der Waals surface area contributed by atoms with Crippen LogP contribution in [0.3, 0.4) is 0 Å². The van der Waals surface area contributed by atoms with E-state index in [-0.39, 0.29) is 23.1 Å². The van der Waals surface area contributed by atoms with E-state index in [4.69, 9.17) is 4.74 Å². The number of pyridine rings is 3. The summed E-state index contributed by atoms with van der Waals surface area (Å²) in [5, 5.41) is 6.82. The van der Waals surface area contributed by atoms with Gasteiger partial charge in [-0.3, -0.25) is 14.3 Å². The van der Waals surface area contributed by atoms with Gasteiger partial charge in [0.1, 0.15) is 23.7 Å². The number of aromatic nitrogens is 3. The second-order valence-corrected chi connectivity index (χ2v) is 11.5. The van der Waals surface area contributed by atoms with Gasteiger partial charge in [0.15, 0.2) is 0 Å². The minimum absolute atomic E-state index is 0.189. The Hall–Kier alpha value is -4.98. The fourth-order valence-electron chi connectivity index (χ4n) is 5.47. The van der Waals surface area contributed by atoms with Crippen LogP contribution in [0.1, 0.15) is 69.6 Å². The molecule has 0 saturated carbocycles. The maximum absolute atomic E-state index is 14.1. The number of amides is 2. The van der Waals surface area contributed by atoms with E-state index in [9.17, 15) is 9.59 Å². The predicted octanol–water partition coefficient (Wildman–Crippen LogP) is 8.34. The molecule has 226 valence electrons. The zero-order chi connectivity index (χ0) is 31.2. The zero-order valence-corrected chi connectivity index (χ0v) is 25.9. The molecular formula is C36H39N5O3. The number of para-hydroxylation sites is 1. The molecule has 2 amide bonds. The molecule has 5 rings (SSSR count). The van der Waals surface area contributed by atoms with Crippen molar-refractivity contribution >= 4 is 28.4 Å². The van der Waals surface area contributed by atoms with Crippen molar-refractivity contribution in [2.75, 3.05) is 10.6 Å². The summed E-state index contributed by atoms with van der Waals surface area (Å²) in [6.07, 6.45) is 5.90. The molecule has 3 heterocycles. The number of anilines is 2. The summed E-state index contributed by atoms with van der Waals surface area (Å²) in [5.74, 6) is 1.02. The molecule has 0 radical (unpaired) electrons. The van der Waals surface area contributed by atoms with Crippen molar-refractivity contribution in [2.24, 2.45) is 0 Å². The fraction of sp³-hybridized carbons (Fsp3) is 0.278. The molecule has 0 unspecified atom stereocenters. The zero-order valence-electron chi connectivity index (χ0n) is 25.9. The molecule has 8 nitrogen and oxygen atoms in total. The summed E-state index contributed by atoms with van der Waals surface area (Å²) in [6, 6.07) is 20.7. The van der Waals surface area contributed by atoms with Crippen LogP contribution in [0.15, 0.2) is 90.1 Å². The number of urea groups is 1. The quantitative estimate of drug-likeness (QED) is 0.171. The van der Waals surface area contributed by atoms with Crippen LogP contribution in [0, 0.1) is 0 Å². The molecule has 44 heavy (non-hydrogen) atoms. The highest BCUT2D eigenvalue weighted by Crippen LogP contribution is 2.36. The number of carbonyl (C=O) groups excluding carboxylic acids is 1. The van der Waals surface area contributed by atoms with Gasteiger partial charge in [-0.2, -0.15) is 0 Å². The number of nitrogens with one attached hydrogen (secondary N) is 2. The molecule has 0 saturated heterocycles. The van der Waals surface area contributed by atoms with Gasteiger partial charge in [-0.15, -0.1) is 0 Å². The van der Waals surface area contributed by atoms with E-state index >= 15 is 0 Å². The number of nitrogens with zero attached hydrogens (tertiary/aromatic N) is 3. The van der Waals surface area contributed by atoms with Crippen LogP contribution in [0.2, 0.25) is 0 Å². The fourth-order valence-corrected chi connectivity index (χ4v) is 5.47. The first-order chi connectivity index (χ1) is 21.3. The topological polar surface area (TPSA) is 98.1 Å². The Morgan fingerprint density at radius 1 is 0.886 bits per heavy atom. The van der Waals surface area contributed by atoms with Crippen LogP contribution in [-0.2, 0) is 13.2 Å². The van der Waals surface area contributed by atoms with Crippen molar-refractivity contribution in [1.29, 1.82) is 0 Å². The Bertz CT molecular complexity index is 1800. The van der Waals surface area contributed by atoms with Crippen LogP contribution < -0.4 is 20.9 Å². The van der Waals surface area contributed by atoms with Gasteiger partial charge in [-0.1, -0.05) is 71.0 Å². The first kappa shape index (κ1) is 30.5. The van der Waals surface area contributed by atoms with Crippen LogP contribution in [0.4, 0.5) is 16.2 Å². The molecule has 0 fully saturated rings. The molecule has 8 heteroatoms. The first-order valence-electron chi connectivity index (χ1n) is 15.1. The maximum atomic E-state index is 14.1. The van der Waals surface area contributed by atoms with Crippen molar-refractivity contribution in [3.05, 3.63) is 112 Å². The SMILES string of the molecule is CCCn1c(=O)c(NC(=O)Nc2c(C(C)C)cccc2C(C)C)c(-c2cccc(OCc3cccnc3)c2)c2cccnc21. The molecule has 2 aromatic carbocycles. The number of benzene rings is 2. The summed E-state index contributed by atoms with van der Waals surface area (Å²) < 4.78 is 7.73. The first-order valence-corrected chi connectivity index (χ1v) is 15.1. The average Bonchev–Trinajstić information content (AvgIpc) is 3.02. The van der Waals surface area contributed by atoms with Gasteiger partial charge in [-0.25, -0.2) is 9.78 Å². The monoisotopic (exact) mass is 589 g/mol. The highest BCUT2D eigenvalue weighted by molar-refractivity contribution is 6.07. The lowest BCUT2D eigenvalue weighted by atomic mass is 9.93. The number of ether oxygens (including phenoxy) is 1. The lowest BCUT2D eigenvalue weighted by Gasteiger charge is -2.22. The van der Waals surface area contributed by atoms with Crippen molar-refractivity contribution in [1.82, 2.24) is 14.5 Å². The van der Waals surface area contributed by atoms with Crippen molar-refractivity contribution in [2.45, 2.75) is 66.0 Å². The number of rotatable bonds is 10. The third kappa shape index (κ3) is 6.49. The van der Waals surface area contributed by atoms with Gasteiger partial charge < -0.3 is 15.4 Å². The summed E-state index contributed by atoms with van der Waals surface area (Å²) in [7, 11) is 0. The highest BCUT2D eigenvalue weighted by atomic mass is 16.5. The Morgan fingerprint density at radius 3 is 2.27 bits per heavy atom. The van der Waals surface area contributed by atoms with Gasteiger partial charge in [0.2, 0.25) is 0 Å². The molecule has 3 aromatic heterocycles. The summed E-state index contributed by atoms with van der Waals surface area (Å²) in [6.45, 7) is 11.2. The van der Waals surface area contributed by atoms with Crippen molar-refractivity contribution in [3.63, 3.8) is 0 Å². The number of hydrogen-bond donors (Lipinski definition) is 2. The lowest BCUT2D eigenvalue weighted by molar-refractivity contribution is 0.262. The average molecular weight is 590 g/mol. The summed E-state index contributed by atoms with van der Waals surface area (Å²) in [4.78, 5) is 36.7. The molecule has 0 spiro atoms. The second-order valence-electron chi connectivity index (χ2n) is 11.5. The largest absolute Gasteiger partial charge is 0.489 e. The van der Waals surface area contributed by atoms with Crippen LogP contribution >= 0.6 is 0 Å². The van der Waals surface area contributed by atoms with E-state index in [0.717, 1.165) is 39.7 Å². The van der Waals surface area contributed by atoms with E-state index < -0.39 is 6.03 Å². The van der Waals surface area contributed by atoms with Crippen molar-refractivity contribution < 1.29 is 9.53 Å². The molecule has 0 bridgehead atoms. The predicted molar refractivity (Wildman–Crippen MR) is 178 cm³/mol. The van der Waals surface area contributed by atoms with Gasteiger partial charge in [0.05, 0.1) is 0 Å². The van der Waals surface area contributed by atoms with E-state index in [1.807, 2.05) is 73.7 Å². The third-order valence-electron chi connectivity index (χ3n) is 7.57. The standard InChI is InChI=1S/C36H39N5O3/c1-6-19-41-34-30(16-10-18-38-34)31(26-12-7-13-27(20-26)44-22-25-11-9-17-37-21-25)33(35(41)42)40-36(43)39-32-28(23(2)3)14-8-15-29(32)24(4)5/h7-18,20-21,23-24H,6,19,22H2,1-5H3,(H2,39,40,43). The number of aryl methyl sites for hydroxylation is 1. The Balaban J connectivity index is 1.60. The van der Waals surface area contributed by atoms with Crippen molar-refractivity contribution in [3.8, 4) is 16.9 Å². The van der Waals surface area contributed by atoms with Crippen LogP contribution in [-0.4, -0.2) is 20.6 Å².